The predicted octanol–water partition coefficient (Wildman–Crippen LogP) is 4.35. The van der Waals surface area contributed by atoms with E-state index in [1.807, 2.05) is 12.3 Å². The van der Waals surface area contributed by atoms with Gasteiger partial charge in [0, 0.05) is 30.6 Å². The molecule has 3 aromatic rings. The Hall–Kier alpha value is -2.86. The van der Waals surface area contributed by atoms with Crippen molar-refractivity contribution in [1.29, 1.82) is 0 Å². The summed E-state index contributed by atoms with van der Waals surface area (Å²) in [7, 11) is 1.60. The first-order valence-corrected chi connectivity index (χ1v) is 10.6. The molecule has 0 spiro atoms. The lowest BCUT2D eigenvalue weighted by Gasteiger charge is -2.32. The van der Waals surface area contributed by atoms with Gasteiger partial charge in [0.05, 0.1) is 31.5 Å². The molecule has 1 aromatic heterocycles. The molecule has 0 radical (unpaired) electrons. The Morgan fingerprint density at radius 3 is 2.70 bits per heavy atom. The molecule has 0 bridgehead atoms. The van der Waals surface area contributed by atoms with Gasteiger partial charge in [-0.2, -0.15) is 5.10 Å². The number of piperidine rings is 1. The van der Waals surface area contributed by atoms with Crippen molar-refractivity contribution in [3.8, 4) is 11.5 Å². The molecule has 4 rings (SSSR count). The molecule has 0 amide bonds. The summed E-state index contributed by atoms with van der Waals surface area (Å²) in [6.45, 7) is 5.35. The maximum atomic E-state index is 11.5. The van der Waals surface area contributed by atoms with Crippen LogP contribution in [0.1, 0.15) is 42.6 Å². The maximum absolute atomic E-state index is 11.5. The number of rotatable bonds is 8. The lowest BCUT2D eigenvalue weighted by Crippen LogP contribution is -2.36. The molecule has 6 heteroatoms. The third kappa shape index (κ3) is 4.49. The molecule has 0 N–H and O–H groups in total. The summed E-state index contributed by atoms with van der Waals surface area (Å²) in [5.74, 6) is 1.31. The van der Waals surface area contributed by atoms with Gasteiger partial charge in [-0.15, -0.1) is 0 Å². The molecule has 0 atom stereocenters. The summed E-state index contributed by atoms with van der Waals surface area (Å²) >= 11 is 0. The number of aromatic nitrogens is 2. The van der Waals surface area contributed by atoms with Crippen LogP contribution in [-0.4, -0.2) is 53.8 Å². The number of nitrogens with zero attached hydrogens (tertiary/aromatic N) is 3. The molecule has 30 heavy (non-hydrogen) atoms. The van der Waals surface area contributed by atoms with E-state index in [2.05, 4.69) is 38.9 Å². The first kappa shape index (κ1) is 20.4. The Bertz CT molecular complexity index is 1010. The number of hydrogen-bond acceptors (Lipinski definition) is 5. The average Bonchev–Trinajstić information content (AvgIpc) is 3.21. The van der Waals surface area contributed by atoms with Crippen molar-refractivity contribution < 1.29 is 14.3 Å². The van der Waals surface area contributed by atoms with E-state index in [0.717, 1.165) is 38.9 Å². The van der Waals surface area contributed by atoms with Gasteiger partial charge >= 0.3 is 0 Å². The second kappa shape index (κ2) is 9.30. The first-order valence-electron chi connectivity index (χ1n) is 10.6. The van der Waals surface area contributed by atoms with Gasteiger partial charge in [-0.05, 0) is 50.5 Å². The molecule has 0 aliphatic carbocycles. The Balaban J connectivity index is 1.23. The third-order valence-electron chi connectivity index (χ3n) is 5.85. The fourth-order valence-corrected chi connectivity index (χ4v) is 4.15. The number of fused-ring (bicyclic) bond motifs is 1. The van der Waals surface area contributed by atoms with Crippen LogP contribution in [0, 0.1) is 0 Å². The SMILES string of the molecule is COc1cc(C(C)=O)ccc1OCCCN1CCC(n2ncc3ccccc32)CC1. The zero-order chi connectivity index (χ0) is 20.9. The van der Waals surface area contributed by atoms with Crippen molar-refractivity contribution in [3.63, 3.8) is 0 Å². The minimum Gasteiger partial charge on any atom is -0.493 e. The molecule has 1 aliphatic heterocycles. The van der Waals surface area contributed by atoms with Crippen molar-refractivity contribution in [3.05, 3.63) is 54.2 Å². The van der Waals surface area contributed by atoms with Gasteiger partial charge in [0.1, 0.15) is 0 Å². The number of likely N-dealkylation sites (tertiary alicyclic amines) is 1. The highest BCUT2D eigenvalue weighted by Gasteiger charge is 2.22. The maximum Gasteiger partial charge on any atom is 0.161 e. The number of carbonyl (C=O) groups excluding carboxylic acids is 1. The number of ether oxygens (including phenoxy) is 2. The van der Waals surface area contributed by atoms with Gasteiger partial charge in [-0.25, -0.2) is 0 Å². The summed E-state index contributed by atoms with van der Waals surface area (Å²) < 4.78 is 13.5. The van der Waals surface area contributed by atoms with Crippen LogP contribution in [0.2, 0.25) is 0 Å². The van der Waals surface area contributed by atoms with Gasteiger partial charge in [0.25, 0.3) is 0 Å². The molecule has 1 aliphatic rings. The van der Waals surface area contributed by atoms with E-state index in [4.69, 9.17) is 9.47 Å². The molecule has 1 saturated heterocycles. The van der Waals surface area contributed by atoms with Crippen LogP contribution < -0.4 is 9.47 Å². The Kier molecular flexibility index (Phi) is 6.33. The fourth-order valence-electron chi connectivity index (χ4n) is 4.15. The number of methoxy groups -OCH3 is 1. The molecule has 0 unspecified atom stereocenters. The van der Waals surface area contributed by atoms with Gasteiger partial charge in [-0.1, -0.05) is 18.2 Å². The Labute approximate surface area is 177 Å². The largest absolute Gasteiger partial charge is 0.493 e. The molecule has 158 valence electrons. The normalized spacial score (nSPS) is 15.4. The average molecular weight is 408 g/mol. The Morgan fingerprint density at radius 2 is 1.93 bits per heavy atom. The smallest absolute Gasteiger partial charge is 0.161 e. The summed E-state index contributed by atoms with van der Waals surface area (Å²) in [6.07, 6.45) is 5.16. The van der Waals surface area contributed by atoms with Gasteiger partial charge in [0.2, 0.25) is 0 Å². The molecule has 2 aromatic carbocycles. The first-order chi connectivity index (χ1) is 14.7. The number of para-hydroxylation sites is 1. The van der Waals surface area contributed by atoms with Crippen LogP contribution in [0.5, 0.6) is 11.5 Å². The number of carbonyl (C=O) groups is 1. The monoisotopic (exact) mass is 407 g/mol. The van der Waals surface area contributed by atoms with Crippen LogP contribution in [0.15, 0.2) is 48.7 Å². The summed E-state index contributed by atoms with van der Waals surface area (Å²) in [5, 5.41) is 5.84. The van der Waals surface area contributed by atoms with Crippen molar-refractivity contribution in [1.82, 2.24) is 14.7 Å². The van der Waals surface area contributed by atoms with Crippen LogP contribution in [0.25, 0.3) is 10.9 Å². The third-order valence-corrected chi connectivity index (χ3v) is 5.85. The lowest BCUT2D eigenvalue weighted by atomic mass is 10.0. The second-order valence-corrected chi connectivity index (χ2v) is 7.84. The number of Topliss-reactive ketones (excluding diaryl/α,β-unsaturated/α-hetero) is 1. The lowest BCUT2D eigenvalue weighted by molar-refractivity contribution is 0.101. The highest BCUT2D eigenvalue weighted by Crippen LogP contribution is 2.29. The Morgan fingerprint density at radius 1 is 1.13 bits per heavy atom. The topological polar surface area (TPSA) is 56.6 Å². The number of benzene rings is 2. The van der Waals surface area contributed by atoms with E-state index in [-0.39, 0.29) is 5.78 Å². The standard InChI is InChI=1S/C24H29N3O3/c1-18(28)19-8-9-23(24(16-19)29-2)30-15-5-12-26-13-10-21(11-14-26)27-22-7-4-3-6-20(22)17-25-27/h3-4,6-9,16-17,21H,5,10-15H2,1-2H3. The van der Waals surface area contributed by atoms with Crippen LogP contribution >= 0.6 is 0 Å². The zero-order valence-corrected chi connectivity index (χ0v) is 17.7. The predicted molar refractivity (Wildman–Crippen MR) is 118 cm³/mol. The summed E-state index contributed by atoms with van der Waals surface area (Å²) in [4.78, 5) is 14.0. The van der Waals surface area contributed by atoms with Crippen LogP contribution in [-0.2, 0) is 0 Å². The molecule has 1 fully saturated rings. The van der Waals surface area contributed by atoms with Gasteiger partial charge in [0.15, 0.2) is 17.3 Å². The fraction of sp³-hybridized carbons (Fsp3) is 0.417. The summed E-state index contributed by atoms with van der Waals surface area (Å²) in [6, 6.07) is 14.2. The van der Waals surface area contributed by atoms with E-state index in [1.165, 1.54) is 10.9 Å². The molecule has 2 heterocycles. The second-order valence-electron chi connectivity index (χ2n) is 7.84. The van der Waals surface area contributed by atoms with E-state index >= 15 is 0 Å². The summed E-state index contributed by atoms with van der Waals surface area (Å²) in [5.41, 5.74) is 1.86. The van der Waals surface area contributed by atoms with E-state index < -0.39 is 0 Å². The van der Waals surface area contributed by atoms with E-state index in [0.29, 0.717) is 29.7 Å². The van der Waals surface area contributed by atoms with Crippen molar-refractivity contribution >= 4 is 16.7 Å². The quantitative estimate of drug-likeness (QED) is 0.410. The van der Waals surface area contributed by atoms with Gasteiger partial charge < -0.3 is 14.4 Å². The molecular formula is C24H29N3O3. The van der Waals surface area contributed by atoms with Crippen molar-refractivity contribution in [2.45, 2.75) is 32.2 Å². The number of ketones is 1. The van der Waals surface area contributed by atoms with Crippen molar-refractivity contribution in [2.24, 2.45) is 0 Å². The zero-order valence-electron chi connectivity index (χ0n) is 17.7. The molecule has 0 saturated carbocycles. The minimum atomic E-state index is 0.0198. The highest BCUT2D eigenvalue weighted by atomic mass is 16.5. The van der Waals surface area contributed by atoms with Crippen LogP contribution in [0.3, 0.4) is 0 Å². The van der Waals surface area contributed by atoms with E-state index in [9.17, 15) is 4.79 Å². The number of hydrogen-bond donors (Lipinski definition) is 0. The molecular weight excluding hydrogens is 378 g/mol. The van der Waals surface area contributed by atoms with Crippen molar-refractivity contribution in [2.75, 3.05) is 33.4 Å². The van der Waals surface area contributed by atoms with Crippen LogP contribution in [0.4, 0.5) is 0 Å². The minimum absolute atomic E-state index is 0.0198. The highest BCUT2D eigenvalue weighted by molar-refractivity contribution is 5.94. The molecule has 6 nitrogen and oxygen atoms in total. The van der Waals surface area contributed by atoms with Gasteiger partial charge in [-0.3, -0.25) is 9.48 Å². The van der Waals surface area contributed by atoms with E-state index in [1.54, 1.807) is 26.2 Å².